The third-order valence-corrected chi connectivity index (χ3v) is 2.51. The highest BCUT2D eigenvalue weighted by molar-refractivity contribution is 6.30. The predicted molar refractivity (Wildman–Crippen MR) is 60.0 cm³/mol. The molecular weight excluding hydrogens is 214 g/mol. The molecule has 0 radical (unpaired) electrons. The maximum Gasteiger partial charge on any atom is 0.321 e. The molecule has 0 atom stereocenters. The van der Waals surface area contributed by atoms with Crippen LogP contribution >= 0.6 is 11.6 Å². The predicted octanol–water partition coefficient (Wildman–Crippen LogP) is 1.51. The monoisotopic (exact) mass is 225 g/mol. The Bertz CT molecular complexity index is 377. The van der Waals surface area contributed by atoms with Crippen LogP contribution in [0, 0.1) is 0 Å². The molecule has 0 spiro atoms. The lowest BCUT2D eigenvalue weighted by Gasteiger charge is -2.36. The zero-order valence-electron chi connectivity index (χ0n) is 8.11. The molecule has 1 aromatic rings. The highest BCUT2D eigenvalue weighted by Crippen LogP contribution is 2.16. The van der Waals surface area contributed by atoms with Crippen LogP contribution in [0.2, 0.25) is 5.02 Å². The van der Waals surface area contributed by atoms with Crippen molar-refractivity contribution in [2.24, 2.45) is 5.73 Å². The summed E-state index contributed by atoms with van der Waals surface area (Å²) in [7, 11) is 0. The summed E-state index contributed by atoms with van der Waals surface area (Å²) in [5, 5.41) is 3.36. The maximum absolute atomic E-state index is 11.6. The van der Waals surface area contributed by atoms with Crippen molar-refractivity contribution in [3.8, 4) is 0 Å². The second-order valence-electron chi connectivity index (χ2n) is 3.61. The van der Waals surface area contributed by atoms with Gasteiger partial charge in [0.2, 0.25) is 0 Å². The number of halogens is 1. The molecule has 0 saturated carbocycles. The van der Waals surface area contributed by atoms with E-state index in [0.717, 1.165) is 0 Å². The van der Waals surface area contributed by atoms with E-state index in [2.05, 4.69) is 5.32 Å². The van der Waals surface area contributed by atoms with E-state index in [0.29, 0.717) is 23.8 Å². The van der Waals surface area contributed by atoms with Crippen LogP contribution < -0.4 is 11.1 Å². The number of carbonyl (C=O) groups is 1. The number of likely N-dealkylation sites (tertiary alicyclic amines) is 1. The molecule has 0 unspecified atom stereocenters. The van der Waals surface area contributed by atoms with E-state index in [1.165, 1.54) is 0 Å². The van der Waals surface area contributed by atoms with E-state index in [9.17, 15) is 4.79 Å². The summed E-state index contributed by atoms with van der Waals surface area (Å²) in [5.74, 6) is 0. The van der Waals surface area contributed by atoms with E-state index in [1.807, 2.05) is 0 Å². The summed E-state index contributed by atoms with van der Waals surface area (Å²) in [6.45, 7) is 1.23. The van der Waals surface area contributed by atoms with E-state index < -0.39 is 0 Å². The van der Waals surface area contributed by atoms with Gasteiger partial charge in [0.25, 0.3) is 0 Å². The minimum Gasteiger partial charge on any atom is -0.325 e. The number of amides is 2. The molecule has 2 amide bonds. The Morgan fingerprint density at radius 3 is 2.87 bits per heavy atom. The van der Waals surface area contributed by atoms with Crippen molar-refractivity contribution in [3.05, 3.63) is 29.3 Å². The van der Waals surface area contributed by atoms with E-state index in [4.69, 9.17) is 17.3 Å². The second kappa shape index (κ2) is 4.08. The molecule has 0 aromatic heterocycles. The second-order valence-corrected chi connectivity index (χ2v) is 4.04. The van der Waals surface area contributed by atoms with Gasteiger partial charge in [-0.25, -0.2) is 4.79 Å². The number of nitrogens with zero attached hydrogens (tertiary/aromatic N) is 1. The standard InChI is InChI=1S/C10H12ClN3O/c11-7-2-1-3-9(4-7)13-10(15)14-5-8(12)6-14/h1-4,8H,5-6,12H2,(H,13,15). The van der Waals surface area contributed by atoms with Crippen LogP contribution in [0.4, 0.5) is 10.5 Å². The Balaban J connectivity index is 1.94. The number of hydrogen-bond acceptors (Lipinski definition) is 2. The number of nitrogens with one attached hydrogen (secondary N) is 1. The largest absolute Gasteiger partial charge is 0.325 e. The van der Waals surface area contributed by atoms with Crippen molar-refractivity contribution in [2.75, 3.05) is 18.4 Å². The molecule has 1 aliphatic heterocycles. The normalized spacial score (nSPS) is 16.0. The van der Waals surface area contributed by atoms with Gasteiger partial charge in [-0.05, 0) is 18.2 Å². The quantitative estimate of drug-likeness (QED) is 0.761. The molecule has 80 valence electrons. The van der Waals surface area contributed by atoms with Crippen molar-refractivity contribution in [2.45, 2.75) is 6.04 Å². The summed E-state index contributed by atoms with van der Waals surface area (Å²) in [6, 6.07) is 7.05. The van der Waals surface area contributed by atoms with Gasteiger partial charge in [-0.1, -0.05) is 17.7 Å². The Morgan fingerprint density at radius 2 is 2.27 bits per heavy atom. The molecule has 2 rings (SSSR count). The molecule has 15 heavy (non-hydrogen) atoms. The molecule has 1 aromatic carbocycles. The van der Waals surface area contributed by atoms with Gasteiger partial charge in [-0.2, -0.15) is 0 Å². The number of benzene rings is 1. The van der Waals surface area contributed by atoms with Crippen molar-refractivity contribution in [3.63, 3.8) is 0 Å². The summed E-state index contributed by atoms with van der Waals surface area (Å²) in [6.07, 6.45) is 0. The first-order valence-electron chi connectivity index (χ1n) is 4.72. The van der Waals surface area contributed by atoms with Crippen LogP contribution in [0.3, 0.4) is 0 Å². The van der Waals surface area contributed by atoms with E-state index >= 15 is 0 Å². The molecule has 1 fully saturated rings. The van der Waals surface area contributed by atoms with Gasteiger partial charge in [-0.15, -0.1) is 0 Å². The van der Waals surface area contributed by atoms with Crippen LogP contribution in [0.1, 0.15) is 0 Å². The van der Waals surface area contributed by atoms with Crippen molar-refractivity contribution in [1.29, 1.82) is 0 Å². The first-order valence-corrected chi connectivity index (χ1v) is 5.10. The Morgan fingerprint density at radius 1 is 1.53 bits per heavy atom. The average Bonchev–Trinajstić information content (AvgIpc) is 2.13. The van der Waals surface area contributed by atoms with Crippen molar-refractivity contribution < 1.29 is 4.79 Å². The SMILES string of the molecule is NC1CN(C(=O)Nc2cccc(Cl)c2)C1. The Kier molecular flexibility index (Phi) is 2.79. The van der Waals surface area contributed by atoms with E-state index in [1.54, 1.807) is 29.2 Å². The number of rotatable bonds is 1. The molecule has 3 N–H and O–H groups in total. The van der Waals surface area contributed by atoms with Gasteiger partial charge >= 0.3 is 6.03 Å². The highest BCUT2D eigenvalue weighted by atomic mass is 35.5. The molecule has 4 nitrogen and oxygen atoms in total. The van der Waals surface area contributed by atoms with Gasteiger partial charge in [0, 0.05) is 29.8 Å². The molecule has 5 heteroatoms. The average molecular weight is 226 g/mol. The summed E-state index contributed by atoms with van der Waals surface area (Å²) in [4.78, 5) is 13.2. The molecule has 1 heterocycles. The number of urea groups is 1. The van der Waals surface area contributed by atoms with Crippen LogP contribution in [-0.4, -0.2) is 30.1 Å². The molecular formula is C10H12ClN3O. The van der Waals surface area contributed by atoms with Crippen LogP contribution in [-0.2, 0) is 0 Å². The Hall–Kier alpha value is -1.26. The van der Waals surface area contributed by atoms with Crippen molar-refractivity contribution >= 4 is 23.3 Å². The maximum atomic E-state index is 11.6. The third kappa shape index (κ3) is 2.40. The fourth-order valence-electron chi connectivity index (χ4n) is 1.45. The fraction of sp³-hybridized carbons (Fsp3) is 0.300. The van der Waals surface area contributed by atoms with Crippen LogP contribution in [0.15, 0.2) is 24.3 Å². The number of hydrogen-bond donors (Lipinski definition) is 2. The lowest BCUT2D eigenvalue weighted by molar-refractivity contribution is 0.165. The third-order valence-electron chi connectivity index (χ3n) is 2.27. The highest BCUT2D eigenvalue weighted by Gasteiger charge is 2.27. The minimum absolute atomic E-state index is 0.120. The van der Waals surface area contributed by atoms with Gasteiger partial charge in [0.15, 0.2) is 0 Å². The molecule has 1 aliphatic rings. The summed E-state index contributed by atoms with van der Waals surface area (Å²) >= 11 is 5.79. The van der Waals surface area contributed by atoms with Crippen LogP contribution in [0.5, 0.6) is 0 Å². The smallest absolute Gasteiger partial charge is 0.321 e. The lowest BCUT2D eigenvalue weighted by Crippen LogP contribution is -2.58. The van der Waals surface area contributed by atoms with Gasteiger partial charge in [-0.3, -0.25) is 0 Å². The zero-order chi connectivity index (χ0) is 10.8. The van der Waals surface area contributed by atoms with Gasteiger partial charge in [0.1, 0.15) is 0 Å². The summed E-state index contributed by atoms with van der Waals surface area (Å²) < 4.78 is 0. The molecule has 0 aliphatic carbocycles. The van der Waals surface area contributed by atoms with Gasteiger partial charge < -0.3 is 16.0 Å². The summed E-state index contributed by atoms with van der Waals surface area (Å²) in [5.41, 5.74) is 6.28. The first-order chi connectivity index (χ1) is 7.15. The Labute approximate surface area is 93.0 Å². The topological polar surface area (TPSA) is 58.4 Å². The van der Waals surface area contributed by atoms with E-state index in [-0.39, 0.29) is 12.1 Å². The fourth-order valence-corrected chi connectivity index (χ4v) is 1.64. The minimum atomic E-state index is -0.126. The van der Waals surface area contributed by atoms with Gasteiger partial charge in [0.05, 0.1) is 0 Å². The number of anilines is 1. The number of carbonyl (C=O) groups excluding carboxylic acids is 1. The van der Waals surface area contributed by atoms with Crippen LogP contribution in [0.25, 0.3) is 0 Å². The first kappa shape index (κ1) is 10.3. The lowest BCUT2D eigenvalue weighted by atomic mass is 10.1. The number of nitrogens with two attached hydrogens (primary N) is 1. The van der Waals surface area contributed by atoms with Crippen molar-refractivity contribution in [1.82, 2.24) is 4.90 Å². The molecule has 0 bridgehead atoms. The zero-order valence-corrected chi connectivity index (χ0v) is 8.87. The molecule has 1 saturated heterocycles.